The molecule has 0 saturated heterocycles. The summed E-state index contributed by atoms with van der Waals surface area (Å²) in [6.07, 6.45) is 0. The van der Waals surface area contributed by atoms with Crippen molar-refractivity contribution < 1.29 is 69.6 Å². The first kappa shape index (κ1) is 17.4. The summed E-state index contributed by atoms with van der Waals surface area (Å²) in [7, 11) is 0. The Morgan fingerprint density at radius 2 is 1.50 bits per heavy atom. The Kier molecular flexibility index (Phi) is 100.0. The zero-order valence-electron chi connectivity index (χ0n) is 3.36. The maximum Gasteiger partial charge on any atom is 1.00 e. The van der Waals surface area contributed by atoms with Crippen molar-refractivity contribution in [3.8, 4) is 6.57 Å². The second kappa shape index (κ2) is 22.9. The first-order chi connectivity index (χ1) is 1.00. The van der Waals surface area contributed by atoms with E-state index in [1.807, 2.05) is 0 Å². The van der Waals surface area contributed by atoms with Crippen LogP contribution in [0.15, 0.2) is 0 Å². The molecule has 0 fully saturated rings. The van der Waals surface area contributed by atoms with Crippen molar-refractivity contribution in [2.24, 2.45) is 0 Å². The van der Waals surface area contributed by atoms with E-state index in [4.69, 9.17) is 5.26 Å². The van der Waals surface area contributed by atoms with Crippen molar-refractivity contribution in [3.63, 3.8) is 0 Å². The number of rotatable bonds is 0. The molecule has 21 valence electrons. The van der Waals surface area contributed by atoms with E-state index in [0.717, 1.165) is 0 Å². The molecule has 0 bridgehead atoms. The fourth-order valence-corrected chi connectivity index (χ4v) is 0. The van der Waals surface area contributed by atoms with E-state index in [1.165, 1.54) is 0 Å². The van der Waals surface area contributed by atoms with E-state index < -0.39 is 0 Å². The molecule has 0 aliphatic heterocycles. The Bertz CT molecular complexity index is 16.4. The van der Waals surface area contributed by atoms with Crippen LogP contribution < -0.4 is 51.4 Å². The molecule has 1 nitrogen and oxygen atoms in total. The fourth-order valence-electron chi connectivity index (χ4n) is 0. The van der Waals surface area contributed by atoms with E-state index in [-0.39, 0.29) is 69.6 Å². The van der Waals surface area contributed by atoms with Crippen molar-refractivity contribution in [2.45, 2.75) is 0 Å². The molecule has 0 aromatic rings. The third-order valence-electron chi connectivity index (χ3n) is 0. The molecule has 0 unspecified atom stereocenters. The summed E-state index contributed by atoms with van der Waals surface area (Å²) in [5.74, 6) is 0. The average Bonchev–Trinajstić information content (AvgIpc) is 1.00. The Hall–Kier alpha value is 1.63. The normalized spacial score (nSPS) is 0.500. The molecule has 3 heteroatoms. The van der Waals surface area contributed by atoms with Crippen molar-refractivity contribution in [1.82, 2.24) is 0 Å². The summed E-state index contributed by atoms with van der Waals surface area (Å²) >= 11 is 0. The van der Waals surface area contributed by atoms with Crippen LogP contribution >= 0.6 is 0 Å². The summed E-state index contributed by atoms with van der Waals surface area (Å²) in [6, 6.07) is 0. The van der Waals surface area contributed by atoms with Gasteiger partial charge in [-0.25, -0.2) is 5.26 Å². The topological polar surface area (TPSA) is 23.8 Å². The van der Waals surface area contributed by atoms with Gasteiger partial charge < -0.3 is 1.43 Å². The van der Waals surface area contributed by atoms with Gasteiger partial charge in [0.1, 0.15) is 0 Å². The molecule has 0 heterocycles. The van der Waals surface area contributed by atoms with Gasteiger partial charge in [0.25, 0.3) is 0 Å². The van der Waals surface area contributed by atoms with Crippen molar-refractivity contribution in [3.05, 3.63) is 0 Å². The molecule has 0 aliphatic carbocycles. The molecule has 4 heavy (non-hydrogen) atoms. The molecule has 0 spiro atoms. The molecule has 0 aromatic heterocycles. The molecule has 0 rings (SSSR count). The first-order valence-corrected chi connectivity index (χ1v) is 0.258. The third-order valence-corrected chi connectivity index (χ3v) is 0. The van der Waals surface area contributed by atoms with Gasteiger partial charge in [-0.2, -0.15) is 0 Å². The number of nitriles is 1. The summed E-state index contributed by atoms with van der Waals surface area (Å²) < 4.78 is 0. The molecule has 0 N–H and O–H groups in total. The Balaban J connectivity index is -0.00000000167. The SMILES string of the molecule is C#N.[Co].[H-].[K+]. The number of hydrogen-bond donors (Lipinski definition) is 0. The number of hydrogen-bond acceptors (Lipinski definition) is 1. The van der Waals surface area contributed by atoms with Gasteiger partial charge in [-0.15, -0.1) is 0 Å². The number of nitrogens with zero attached hydrogens (tertiary/aromatic N) is 1. The van der Waals surface area contributed by atoms with E-state index >= 15 is 0 Å². The first-order valence-electron chi connectivity index (χ1n) is 0.258. The zero-order valence-corrected chi connectivity index (χ0v) is 6.52. The van der Waals surface area contributed by atoms with Crippen LogP contribution in [0.5, 0.6) is 0 Å². The maximum absolute atomic E-state index is 6.50. The van der Waals surface area contributed by atoms with Crippen LogP contribution in [0.1, 0.15) is 1.43 Å². The summed E-state index contributed by atoms with van der Waals surface area (Å²) in [4.78, 5) is 0. The minimum Gasteiger partial charge on any atom is -1.00 e. The standard InChI is InChI=1S/CHN.Co.K.H/c1-2;;;/h1H;;;/q;;+1;-1. The van der Waals surface area contributed by atoms with Crippen molar-refractivity contribution in [1.29, 1.82) is 5.26 Å². The van der Waals surface area contributed by atoms with Gasteiger partial charge in [-0.05, 0) is 0 Å². The van der Waals surface area contributed by atoms with Gasteiger partial charge in [0.2, 0.25) is 0 Å². The fraction of sp³-hybridized carbons (Fsp3) is 0. The molecule has 0 amide bonds. The van der Waals surface area contributed by atoms with Crippen LogP contribution in [-0.4, -0.2) is 0 Å². The monoisotopic (exact) mass is 126 g/mol. The quantitative estimate of drug-likeness (QED) is 0.323. The molecule has 0 atom stereocenters. The zero-order chi connectivity index (χ0) is 2.00. The molecular weight excluding hydrogens is 124 g/mol. The molecular formula is CH2CoKN. The van der Waals surface area contributed by atoms with Crippen LogP contribution in [0.4, 0.5) is 0 Å². The Labute approximate surface area is 79.9 Å². The smallest absolute Gasteiger partial charge is 1.00 e. The van der Waals surface area contributed by atoms with Gasteiger partial charge in [0.05, 0.1) is 0 Å². The minimum absolute atomic E-state index is 0. The molecule has 0 saturated carbocycles. The van der Waals surface area contributed by atoms with Gasteiger partial charge in [-0.1, -0.05) is 0 Å². The summed E-state index contributed by atoms with van der Waals surface area (Å²) in [5, 5.41) is 6.50. The Morgan fingerprint density at radius 3 is 1.50 bits per heavy atom. The second-order valence-electron chi connectivity index (χ2n) is 0. The predicted octanol–water partition coefficient (Wildman–Crippen LogP) is -2.75. The van der Waals surface area contributed by atoms with Crippen LogP contribution in [0.2, 0.25) is 0 Å². The van der Waals surface area contributed by atoms with Gasteiger partial charge in [0, 0.05) is 23.4 Å². The van der Waals surface area contributed by atoms with Crippen LogP contribution in [0.25, 0.3) is 0 Å². The van der Waals surface area contributed by atoms with Crippen LogP contribution in [0, 0.1) is 11.8 Å². The third kappa shape index (κ3) is 9.45. The summed E-state index contributed by atoms with van der Waals surface area (Å²) in [6.45, 7) is 3.50. The molecule has 1 radical (unpaired) electrons. The molecule has 0 aromatic carbocycles. The van der Waals surface area contributed by atoms with Crippen LogP contribution in [-0.2, 0) is 16.8 Å². The average molecular weight is 126 g/mol. The van der Waals surface area contributed by atoms with Crippen molar-refractivity contribution in [2.75, 3.05) is 0 Å². The van der Waals surface area contributed by atoms with Crippen molar-refractivity contribution >= 4 is 0 Å². The van der Waals surface area contributed by atoms with E-state index in [2.05, 4.69) is 6.57 Å². The summed E-state index contributed by atoms with van der Waals surface area (Å²) in [5.41, 5.74) is 0. The largest absolute Gasteiger partial charge is 1.00 e. The Morgan fingerprint density at radius 1 is 1.50 bits per heavy atom. The van der Waals surface area contributed by atoms with E-state index in [0.29, 0.717) is 0 Å². The molecule has 0 aliphatic rings. The predicted molar refractivity (Wildman–Crippen MR) is 7.78 cm³/mol. The van der Waals surface area contributed by atoms with Gasteiger partial charge in [-0.3, -0.25) is 0 Å². The minimum atomic E-state index is 0. The second-order valence-corrected chi connectivity index (χ2v) is 0. The van der Waals surface area contributed by atoms with Crippen LogP contribution in [0.3, 0.4) is 0 Å². The van der Waals surface area contributed by atoms with Gasteiger partial charge >= 0.3 is 51.4 Å². The van der Waals surface area contributed by atoms with Gasteiger partial charge in [0.15, 0.2) is 0 Å². The van der Waals surface area contributed by atoms with E-state index in [1.54, 1.807) is 0 Å². The maximum atomic E-state index is 6.50. The van der Waals surface area contributed by atoms with E-state index in [9.17, 15) is 0 Å².